The first-order valence-electron chi connectivity index (χ1n) is 24.1. The third kappa shape index (κ3) is 17.4. The minimum absolute atomic E-state index is 0.0566. The summed E-state index contributed by atoms with van der Waals surface area (Å²) in [7, 11) is -3.67. The first kappa shape index (κ1) is 59.2. The molecule has 2 saturated heterocycles. The van der Waals surface area contributed by atoms with Gasteiger partial charge in [0.05, 0.1) is 48.6 Å². The van der Waals surface area contributed by atoms with Gasteiger partial charge in [0.2, 0.25) is 17.7 Å². The van der Waals surface area contributed by atoms with Crippen LogP contribution in [0.25, 0.3) is 17.0 Å². The molecule has 1 saturated carbocycles. The van der Waals surface area contributed by atoms with Crippen LogP contribution in [-0.4, -0.2) is 150 Å². The lowest BCUT2D eigenvalue weighted by Gasteiger charge is -2.47. The Hall–Kier alpha value is -5.70. The van der Waals surface area contributed by atoms with Crippen LogP contribution < -0.4 is 32.9 Å². The number of nitrogens with two attached hydrogens (primary N) is 1. The lowest BCUT2D eigenvalue weighted by atomic mass is 9.72. The minimum Gasteiger partial charge on any atom is -0.394 e. The fourth-order valence-corrected chi connectivity index (χ4v) is 9.54. The Labute approximate surface area is 436 Å². The molecule has 1 aliphatic carbocycles. The summed E-state index contributed by atoms with van der Waals surface area (Å²) in [6, 6.07) is 17.6. The molecule has 0 radical (unpaired) electrons. The number of amides is 4. The smallest absolute Gasteiger partial charge is 0.330 e. The van der Waals surface area contributed by atoms with E-state index in [-0.39, 0.29) is 30.1 Å². The van der Waals surface area contributed by atoms with Crippen molar-refractivity contribution >= 4 is 66.7 Å². The highest BCUT2D eigenvalue weighted by molar-refractivity contribution is 9.11. The van der Waals surface area contributed by atoms with Crippen LogP contribution in [0.3, 0.4) is 0 Å². The number of aliphatic hydroxyl groups is 4. The summed E-state index contributed by atoms with van der Waals surface area (Å²) in [5.41, 5.74) is 5.50. The van der Waals surface area contributed by atoms with E-state index in [0.717, 1.165) is 41.2 Å². The van der Waals surface area contributed by atoms with E-state index in [2.05, 4.69) is 46.7 Å². The highest BCUT2D eigenvalue weighted by Gasteiger charge is 2.44. The van der Waals surface area contributed by atoms with E-state index in [1.54, 1.807) is 18.2 Å². The molecule has 24 heteroatoms. The zero-order chi connectivity index (χ0) is 54.5. The van der Waals surface area contributed by atoms with Crippen molar-refractivity contribution in [3.05, 3.63) is 116 Å². The first-order valence-corrected chi connectivity index (χ1v) is 26.8. The maximum absolute atomic E-state index is 13.8. The van der Waals surface area contributed by atoms with Gasteiger partial charge in [-0.2, -0.15) is 8.42 Å². The van der Waals surface area contributed by atoms with E-state index >= 15 is 0 Å². The number of ether oxygens (including phenoxy) is 1. The van der Waals surface area contributed by atoms with Crippen molar-refractivity contribution in [2.24, 2.45) is 17.6 Å². The highest BCUT2D eigenvalue weighted by Crippen LogP contribution is 2.39. The number of aromatic nitrogens is 3. The lowest BCUT2D eigenvalue weighted by molar-refractivity contribution is -0.133. The SMILES string of the molecule is CC(C)(C)NC(=O)[C@@H]1C[C@@H]2CCCC[C@@H]2CN1C[C@@H](O)[C@H](Cc1ccccc1)NC(=O)[C@H](CC(N)=O)NC(=O)c1ccc2ccccc2n1.CS(=O)(=O)O.O=c1[nH]c(=O)n([C@@H]2O[C@H](CO)[C@@H](O)[C@@H]2O)cc1/C=C/Br. The number of rotatable bonds is 15. The molecule has 74 heavy (non-hydrogen) atoms. The number of halogens is 1. The lowest BCUT2D eigenvalue weighted by Crippen LogP contribution is -2.61. The van der Waals surface area contributed by atoms with Crippen molar-refractivity contribution in [2.75, 3.05) is 26.0 Å². The number of likely N-dealkylation sites (tertiary alicyclic amines) is 1. The van der Waals surface area contributed by atoms with Gasteiger partial charge in [-0.1, -0.05) is 89.8 Å². The van der Waals surface area contributed by atoms with Crippen molar-refractivity contribution in [1.29, 1.82) is 0 Å². The molecule has 404 valence electrons. The number of H-pyrrole nitrogens is 1. The second-order valence-corrected chi connectivity index (χ2v) is 21.7. The Morgan fingerprint density at radius 3 is 2.24 bits per heavy atom. The van der Waals surface area contributed by atoms with E-state index < -0.39 is 106 Å². The number of fused-ring (bicyclic) bond motifs is 2. The molecule has 0 unspecified atom stereocenters. The van der Waals surface area contributed by atoms with E-state index in [9.17, 15) is 52.5 Å². The molecule has 0 bridgehead atoms. The zero-order valence-electron chi connectivity index (χ0n) is 41.5. The molecule has 0 spiro atoms. The molecule has 3 aliphatic rings. The second-order valence-electron chi connectivity index (χ2n) is 19.7. The zero-order valence-corrected chi connectivity index (χ0v) is 43.9. The Morgan fingerprint density at radius 1 is 0.973 bits per heavy atom. The molecule has 2 aromatic carbocycles. The van der Waals surface area contributed by atoms with Crippen LogP contribution in [0.1, 0.15) is 87.1 Å². The number of aromatic amines is 1. The van der Waals surface area contributed by atoms with Crippen LogP contribution in [0.15, 0.2) is 87.5 Å². The van der Waals surface area contributed by atoms with Crippen molar-refractivity contribution in [2.45, 2.75) is 120 Å². The summed E-state index contributed by atoms with van der Waals surface area (Å²) in [6.07, 6.45) is 2.47. The average molecular weight is 1120 g/mol. The van der Waals surface area contributed by atoms with Gasteiger partial charge in [0.1, 0.15) is 30.0 Å². The number of carbonyl (C=O) groups excluding carboxylic acids is 4. The van der Waals surface area contributed by atoms with Gasteiger partial charge in [-0.05, 0) is 80.6 Å². The molecule has 11 N–H and O–H groups in total. The maximum Gasteiger partial charge on any atom is 0.330 e. The van der Waals surface area contributed by atoms with Gasteiger partial charge in [0, 0.05) is 30.2 Å². The van der Waals surface area contributed by atoms with Crippen molar-refractivity contribution < 1.29 is 57.3 Å². The van der Waals surface area contributed by atoms with E-state index in [0.29, 0.717) is 30.2 Å². The van der Waals surface area contributed by atoms with Gasteiger partial charge in [-0.15, -0.1) is 0 Å². The first-order chi connectivity index (χ1) is 34.8. The van der Waals surface area contributed by atoms with Crippen LogP contribution >= 0.6 is 15.9 Å². The van der Waals surface area contributed by atoms with Crippen LogP contribution in [0.2, 0.25) is 0 Å². The van der Waals surface area contributed by atoms with Gasteiger partial charge in [-0.25, -0.2) is 9.78 Å². The summed E-state index contributed by atoms with van der Waals surface area (Å²) >= 11 is 3.01. The molecule has 2 aliphatic heterocycles. The van der Waals surface area contributed by atoms with Gasteiger partial charge in [-0.3, -0.25) is 43.0 Å². The van der Waals surface area contributed by atoms with Crippen LogP contribution in [-0.2, 0) is 35.7 Å². The number of para-hydroxylation sites is 1. The number of aliphatic hydroxyl groups excluding tert-OH is 4. The molecule has 3 fully saturated rings. The number of benzene rings is 2. The number of piperidine rings is 1. The standard InChI is InChI=1S/C38H50N6O5.C11H13BrN2O6.CH4O3S/c1-38(2,3)43-37(49)32-20-26-14-7-8-15-27(26)22-44(32)23-33(45)30(19-24-11-5-4-6-12-24)41-36(48)31(21-34(39)46)42-35(47)29-18-17-25-13-9-10-16-28(25)40-29;12-2-1-5-3-14(11(19)13-9(5)18)10-8(17)7(16)6(4-15)20-10;1-5(2,3)4/h4-6,9-13,16-18,26-27,30-33,45H,7-8,14-15,19-23H2,1-3H3,(H2,39,46)(H,41,48)(H,42,47)(H,43,49);1-3,6-8,10,15-17H,4H2,(H,13,18,19);1H3,(H,2,3,4)/b;2-1+;/t26-,27+,30-,31-,32-,33+;6-,7-,8+,10-;/m01./s1. The Kier molecular flexibility index (Phi) is 21.3. The number of hydrogen-bond donors (Lipinski definition) is 10. The third-order valence-electron chi connectivity index (χ3n) is 12.7. The third-order valence-corrected chi connectivity index (χ3v) is 13.0. The van der Waals surface area contributed by atoms with E-state index in [1.165, 1.54) is 23.7 Å². The molecular weight excluding hydrogens is 1050 g/mol. The van der Waals surface area contributed by atoms with Crippen molar-refractivity contribution in [1.82, 2.24) is 35.4 Å². The Bertz CT molecular complexity index is 2820. The molecule has 10 atom stereocenters. The monoisotopic (exact) mass is 1110 g/mol. The highest BCUT2D eigenvalue weighted by atomic mass is 79.9. The minimum atomic E-state index is -3.67. The predicted octanol–water partition coefficient (Wildman–Crippen LogP) is 1.11. The maximum atomic E-state index is 13.8. The predicted molar refractivity (Wildman–Crippen MR) is 278 cm³/mol. The van der Waals surface area contributed by atoms with Gasteiger partial charge < -0.3 is 46.8 Å². The van der Waals surface area contributed by atoms with Gasteiger partial charge in [0.25, 0.3) is 21.6 Å². The number of nitrogens with one attached hydrogen (secondary N) is 4. The van der Waals surface area contributed by atoms with Crippen molar-refractivity contribution in [3.8, 4) is 0 Å². The largest absolute Gasteiger partial charge is 0.394 e. The number of hydrogen-bond acceptors (Lipinski definition) is 15. The van der Waals surface area contributed by atoms with Crippen LogP contribution in [0, 0.1) is 11.8 Å². The number of pyridine rings is 1. The van der Waals surface area contributed by atoms with Crippen LogP contribution in [0.4, 0.5) is 0 Å². The Morgan fingerprint density at radius 2 is 1.62 bits per heavy atom. The van der Waals surface area contributed by atoms with Gasteiger partial charge >= 0.3 is 5.69 Å². The topological polar surface area (TPSA) is 346 Å². The van der Waals surface area contributed by atoms with Crippen molar-refractivity contribution in [3.63, 3.8) is 0 Å². The summed E-state index contributed by atoms with van der Waals surface area (Å²) in [5, 5.41) is 49.9. The number of carbonyl (C=O) groups is 4. The van der Waals surface area contributed by atoms with E-state index in [1.807, 2.05) is 69.3 Å². The molecule has 4 heterocycles. The summed E-state index contributed by atoms with van der Waals surface area (Å²) < 4.78 is 32.1. The molecule has 4 amide bonds. The summed E-state index contributed by atoms with van der Waals surface area (Å²) in [5.74, 6) is -1.20. The summed E-state index contributed by atoms with van der Waals surface area (Å²) in [6.45, 7) is 6.23. The fourth-order valence-electron chi connectivity index (χ4n) is 9.25. The average Bonchev–Trinajstić information content (AvgIpc) is 3.62. The van der Waals surface area contributed by atoms with E-state index in [4.69, 9.17) is 20.1 Å². The molecule has 2 aromatic heterocycles. The molecule has 4 aromatic rings. The number of nitrogens with zero attached hydrogens (tertiary/aromatic N) is 3. The quantitative estimate of drug-likeness (QED) is 0.0746. The molecule has 7 rings (SSSR count). The normalized spacial score (nSPS) is 23.2. The summed E-state index contributed by atoms with van der Waals surface area (Å²) in [4.78, 5) is 86.1. The number of β-amino-alcohol motifs (C(OH)–C–C–N with tert-alkyl or cyclic N) is 1. The van der Waals surface area contributed by atoms with Crippen LogP contribution in [0.5, 0.6) is 0 Å². The molecular formula is C50H67BrN8O14S. The second kappa shape index (κ2) is 26.7. The fraction of sp³-hybridized carbons (Fsp3) is 0.500. The number of primary amides is 1. The molecule has 22 nitrogen and oxygen atoms in total. The Balaban J connectivity index is 0.000000334. The van der Waals surface area contributed by atoms with Gasteiger partial charge in [0.15, 0.2) is 6.23 Å².